The Morgan fingerprint density at radius 1 is 0.957 bits per heavy atom. The molecule has 0 spiro atoms. The number of phenols is 1. The Balaban J connectivity index is 1.75. The van der Waals surface area contributed by atoms with Crippen LogP contribution in [0.5, 0.6) is 5.75 Å². The minimum absolute atomic E-state index is 0.262. The Labute approximate surface area is 135 Å². The molecule has 0 saturated carbocycles. The topological polar surface area (TPSA) is 35.8 Å². The molecule has 1 heterocycles. The largest absolute Gasteiger partial charge is 0.507 e. The number of hydrogen-bond acceptors (Lipinski definition) is 3. The zero-order chi connectivity index (χ0) is 15.6. The molecule has 0 atom stereocenters. The molecule has 0 saturated heterocycles. The molecule has 0 bridgehead atoms. The van der Waals surface area contributed by atoms with Gasteiger partial charge in [-0.2, -0.15) is 5.10 Å². The molecular weight excluding hydrogens is 284 g/mol. The molecule has 3 nitrogen and oxygen atoms in total. The summed E-state index contributed by atoms with van der Waals surface area (Å²) >= 11 is 0. The van der Waals surface area contributed by atoms with Crippen LogP contribution < -0.4 is 5.01 Å². The average Bonchev–Trinajstić information content (AvgIpc) is 2.61. The number of anilines is 1. The SMILES string of the molecule is Oc1ccc2ccccc2c1C=NN1CCCc2ccccc21. The third-order valence-electron chi connectivity index (χ3n) is 4.36. The van der Waals surface area contributed by atoms with Gasteiger partial charge in [0.1, 0.15) is 5.75 Å². The number of para-hydroxylation sites is 1. The van der Waals surface area contributed by atoms with Crippen molar-refractivity contribution < 1.29 is 5.11 Å². The molecular formula is C20H18N2O. The Bertz CT molecular complexity index is 886. The van der Waals surface area contributed by atoms with Gasteiger partial charge in [-0.1, -0.05) is 48.5 Å². The number of aryl methyl sites for hydroxylation is 1. The summed E-state index contributed by atoms with van der Waals surface area (Å²) in [5, 5.41) is 19.0. The normalized spacial score (nSPS) is 14.3. The van der Waals surface area contributed by atoms with E-state index in [1.54, 1.807) is 12.3 Å². The summed E-state index contributed by atoms with van der Waals surface area (Å²) in [6.07, 6.45) is 3.97. The van der Waals surface area contributed by atoms with Crippen molar-refractivity contribution in [3.8, 4) is 5.75 Å². The number of fused-ring (bicyclic) bond motifs is 2. The van der Waals surface area contributed by atoms with Gasteiger partial charge in [-0.05, 0) is 41.3 Å². The quantitative estimate of drug-likeness (QED) is 0.715. The van der Waals surface area contributed by atoms with E-state index in [4.69, 9.17) is 0 Å². The van der Waals surface area contributed by atoms with Crippen LogP contribution in [0, 0.1) is 0 Å². The van der Waals surface area contributed by atoms with Crippen molar-refractivity contribution in [2.75, 3.05) is 11.6 Å². The Hall–Kier alpha value is -2.81. The van der Waals surface area contributed by atoms with Crippen LogP contribution in [0.3, 0.4) is 0 Å². The number of phenolic OH excluding ortho intramolecular Hbond substituents is 1. The van der Waals surface area contributed by atoms with Crippen molar-refractivity contribution in [2.24, 2.45) is 5.10 Å². The monoisotopic (exact) mass is 302 g/mol. The molecule has 0 amide bonds. The van der Waals surface area contributed by atoms with Gasteiger partial charge in [0.2, 0.25) is 0 Å². The molecule has 0 aromatic heterocycles. The van der Waals surface area contributed by atoms with Crippen molar-refractivity contribution >= 4 is 22.7 Å². The average molecular weight is 302 g/mol. The first-order chi connectivity index (χ1) is 11.3. The molecule has 0 aliphatic carbocycles. The van der Waals surface area contributed by atoms with Gasteiger partial charge in [-0.25, -0.2) is 0 Å². The number of aromatic hydroxyl groups is 1. The van der Waals surface area contributed by atoms with Crippen LogP contribution in [-0.4, -0.2) is 17.9 Å². The van der Waals surface area contributed by atoms with E-state index < -0.39 is 0 Å². The summed E-state index contributed by atoms with van der Waals surface area (Å²) < 4.78 is 0. The highest BCUT2D eigenvalue weighted by molar-refractivity contribution is 6.02. The highest BCUT2D eigenvalue weighted by Crippen LogP contribution is 2.28. The second kappa shape index (κ2) is 5.76. The van der Waals surface area contributed by atoms with E-state index in [-0.39, 0.29) is 5.75 Å². The van der Waals surface area contributed by atoms with Crippen LogP contribution in [0.1, 0.15) is 17.5 Å². The summed E-state index contributed by atoms with van der Waals surface area (Å²) in [6, 6.07) is 20.1. The molecule has 1 aliphatic rings. The molecule has 3 heteroatoms. The number of hydrogen-bond donors (Lipinski definition) is 1. The van der Waals surface area contributed by atoms with Gasteiger partial charge in [-0.3, -0.25) is 5.01 Å². The number of rotatable bonds is 2. The zero-order valence-corrected chi connectivity index (χ0v) is 12.8. The standard InChI is InChI=1S/C20H18N2O/c23-20-12-11-15-6-1-3-9-17(15)18(20)14-21-22-13-5-8-16-7-2-4-10-19(16)22/h1-4,6-7,9-12,14,23H,5,8,13H2. The first kappa shape index (κ1) is 13.8. The lowest BCUT2D eigenvalue weighted by molar-refractivity contribution is 0.475. The predicted molar refractivity (Wildman–Crippen MR) is 95.3 cm³/mol. The number of nitrogens with zero attached hydrogens (tertiary/aromatic N) is 2. The molecule has 1 aliphatic heterocycles. The van der Waals surface area contributed by atoms with E-state index in [0.717, 1.165) is 41.4 Å². The van der Waals surface area contributed by atoms with E-state index >= 15 is 0 Å². The fraction of sp³-hybridized carbons (Fsp3) is 0.150. The van der Waals surface area contributed by atoms with E-state index in [9.17, 15) is 5.11 Å². The van der Waals surface area contributed by atoms with Crippen LogP contribution in [0.2, 0.25) is 0 Å². The van der Waals surface area contributed by atoms with Crippen LogP contribution in [0.15, 0.2) is 65.8 Å². The minimum atomic E-state index is 0.262. The van der Waals surface area contributed by atoms with Gasteiger partial charge in [0.05, 0.1) is 11.9 Å². The van der Waals surface area contributed by atoms with Crippen molar-refractivity contribution in [3.63, 3.8) is 0 Å². The van der Waals surface area contributed by atoms with E-state index in [1.165, 1.54) is 5.56 Å². The lowest BCUT2D eigenvalue weighted by atomic mass is 10.0. The fourth-order valence-corrected chi connectivity index (χ4v) is 3.18. The lowest BCUT2D eigenvalue weighted by Crippen LogP contribution is -2.24. The minimum Gasteiger partial charge on any atom is -0.507 e. The molecule has 4 rings (SSSR count). The first-order valence-electron chi connectivity index (χ1n) is 7.93. The number of benzene rings is 3. The number of hydrazone groups is 1. The van der Waals surface area contributed by atoms with Crippen LogP contribution in [0.25, 0.3) is 10.8 Å². The third kappa shape index (κ3) is 2.55. The summed E-state index contributed by atoms with van der Waals surface area (Å²) in [5.41, 5.74) is 3.26. The predicted octanol–water partition coefficient (Wildman–Crippen LogP) is 4.33. The van der Waals surface area contributed by atoms with Gasteiger partial charge >= 0.3 is 0 Å². The molecule has 1 N–H and O–H groups in total. The Morgan fingerprint density at radius 2 is 1.78 bits per heavy atom. The molecule has 0 radical (unpaired) electrons. The van der Waals surface area contributed by atoms with E-state index in [0.29, 0.717) is 0 Å². The van der Waals surface area contributed by atoms with Crippen molar-refractivity contribution in [1.82, 2.24) is 0 Å². The van der Waals surface area contributed by atoms with E-state index in [2.05, 4.69) is 23.3 Å². The van der Waals surface area contributed by atoms with Crippen LogP contribution >= 0.6 is 0 Å². The van der Waals surface area contributed by atoms with Gasteiger partial charge in [0.15, 0.2) is 0 Å². The van der Waals surface area contributed by atoms with Crippen LogP contribution in [0.4, 0.5) is 5.69 Å². The maximum absolute atomic E-state index is 10.2. The van der Waals surface area contributed by atoms with Crippen LogP contribution in [-0.2, 0) is 6.42 Å². The summed E-state index contributed by atoms with van der Waals surface area (Å²) in [4.78, 5) is 0. The Morgan fingerprint density at radius 3 is 2.74 bits per heavy atom. The smallest absolute Gasteiger partial charge is 0.125 e. The summed E-state index contributed by atoms with van der Waals surface area (Å²) in [6.45, 7) is 0.902. The van der Waals surface area contributed by atoms with Gasteiger partial charge < -0.3 is 5.11 Å². The highest BCUT2D eigenvalue weighted by Gasteiger charge is 2.15. The molecule has 0 unspecified atom stereocenters. The van der Waals surface area contributed by atoms with Crippen molar-refractivity contribution in [2.45, 2.75) is 12.8 Å². The van der Waals surface area contributed by atoms with Crippen molar-refractivity contribution in [1.29, 1.82) is 0 Å². The highest BCUT2D eigenvalue weighted by atomic mass is 16.3. The van der Waals surface area contributed by atoms with E-state index in [1.807, 2.05) is 41.4 Å². The molecule has 3 aromatic rings. The maximum Gasteiger partial charge on any atom is 0.125 e. The maximum atomic E-state index is 10.2. The van der Waals surface area contributed by atoms with Crippen molar-refractivity contribution in [3.05, 3.63) is 71.8 Å². The fourth-order valence-electron chi connectivity index (χ4n) is 3.18. The summed E-state index contributed by atoms with van der Waals surface area (Å²) in [5.74, 6) is 0.262. The second-order valence-electron chi connectivity index (χ2n) is 5.82. The zero-order valence-electron chi connectivity index (χ0n) is 12.8. The first-order valence-corrected chi connectivity index (χ1v) is 7.93. The Kier molecular flexibility index (Phi) is 3.46. The lowest BCUT2D eigenvalue weighted by Gasteiger charge is -2.26. The van der Waals surface area contributed by atoms with Gasteiger partial charge in [0, 0.05) is 12.1 Å². The molecule has 114 valence electrons. The molecule has 3 aromatic carbocycles. The second-order valence-corrected chi connectivity index (χ2v) is 5.82. The molecule has 0 fully saturated rings. The third-order valence-corrected chi connectivity index (χ3v) is 4.36. The molecule has 23 heavy (non-hydrogen) atoms. The van der Waals surface area contributed by atoms with Gasteiger partial charge in [-0.15, -0.1) is 0 Å². The van der Waals surface area contributed by atoms with Gasteiger partial charge in [0.25, 0.3) is 0 Å². The summed E-state index contributed by atoms with van der Waals surface area (Å²) in [7, 11) is 0.